The van der Waals surface area contributed by atoms with Gasteiger partial charge in [-0.1, -0.05) is 0 Å². The number of halogens is 1. The van der Waals surface area contributed by atoms with Crippen LogP contribution in [0.4, 0.5) is 5.69 Å². The van der Waals surface area contributed by atoms with Crippen LogP contribution in [0.3, 0.4) is 0 Å². The number of nitrogens with one attached hydrogen (secondary N) is 3. The molecule has 2 amide bonds. The lowest BCUT2D eigenvalue weighted by atomic mass is 9.90. The Morgan fingerprint density at radius 1 is 1.29 bits per heavy atom. The first-order chi connectivity index (χ1) is 12.8. The number of aromatic nitrogens is 2. The third kappa shape index (κ3) is 4.91. The van der Waals surface area contributed by atoms with Crippen molar-refractivity contribution in [3.63, 3.8) is 0 Å². The molecule has 1 aromatic carbocycles. The smallest absolute Gasteiger partial charge is 0.251 e. The van der Waals surface area contributed by atoms with Crippen molar-refractivity contribution >= 4 is 29.9 Å². The van der Waals surface area contributed by atoms with Gasteiger partial charge in [0.1, 0.15) is 0 Å². The number of amides is 2. The molecular weight excluding hydrogens is 378 g/mol. The first-order valence-corrected chi connectivity index (χ1v) is 9.26. The molecular formula is C20H28ClN5O2. The van der Waals surface area contributed by atoms with Crippen molar-refractivity contribution in [2.45, 2.75) is 32.7 Å². The predicted molar refractivity (Wildman–Crippen MR) is 112 cm³/mol. The van der Waals surface area contributed by atoms with Gasteiger partial charge in [-0.05, 0) is 50.1 Å². The number of rotatable bonds is 5. The Morgan fingerprint density at radius 3 is 2.64 bits per heavy atom. The summed E-state index contributed by atoms with van der Waals surface area (Å²) in [5.41, 5.74) is 3.26. The Kier molecular flexibility index (Phi) is 7.21. The lowest BCUT2D eigenvalue weighted by molar-refractivity contribution is -0.119. The summed E-state index contributed by atoms with van der Waals surface area (Å²) in [5.74, 6) is -0.174. The molecule has 2 heterocycles. The van der Waals surface area contributed by atoms with Crippen LogP contribution in [0, 0.1) is 12.8 Å². The molecule has 0 unspecified atom stereocenters. The predicted octanol–water partition coefficient (Wildman–Crippen LogP) is 2.23. The van der Waals surface area contributed by atoms with Crippen LogP contribution in [0.1, 0.15) is 41.3 Å². The summed E-state index contributed by atoms with van der Waals surface area (Å²) in [6.45, 7) is 7.14. The molecule has 7 nitrogen and oxygen atoms in total. The first kappa shape index (κ1) is 21.9. The van der Waals surface area contributed by atoms with Crippen LogP contribution in [-0.2, 0) is 11.8 Å². The summed E-state index contributed by atoms with van der Waals surface area (Å²) in [7, 11) is 1.88. The van der Waals surface area contributed by atoms with Gasteiger partial charge in [0.05, 0.1) is 12.1 Å². The molecule has 3 rings (SSSR count). The van der Waals surface area contributed by atoms with Crippen LogP contribution in [0.2, 0.25) is 0 Å². The van der Waals surface area contributed by atoms with Crippen molar-refractivity contribution in [2.24, 2.45) is 13.0 Å². The number of aryl methyl sites for hydroxylation is 2. The molecule has 28 heavy (non-hydrogen) atoms. The lowest BCUT2D eigenvalue weighted by Gasteiger charge is -2.18. The second-order valence-electron chi connectivity index (χ2n) is 7.47. The minimum atomic E-state index is -0.155. The number of carbonyl (C=O) groups excluding carboxylic acids is 2. The molecule has 1 aliphatic rings. The fourth-order valence-corrected chi connectivity index (χ4v) is 3.45. The summed E-state index contributed by atoms with van der Waals surface area (Å²) in [6.07, 6.45) is 3.79. The van der Waals surface area contributed by atoms with E-state index >= 15 is 0 Å². The van der Waals surface area contributed by atoms with Crippen LogP contribution in [-0.4, -0.2) is 40.7 Å². The fourth-order valence-electron chi connectivity index (χ4n) is 3.45. The maximum absolute atomic E-state index is 12.9. The van der Waals surface area contributed by atoms with E-state index in [2.05, 4.69) is 21.0 Å². The van der Waals surface area contributed by atoms with Crippen molar-refractivity contribution < 1.29 is 9.59 Å². The molecule has 0 spiro atoms. The Labute approximate surface area is 171 Å². The van der Waals surface area contributed by atoms with Crippen molar-refractivity contribution in [3.05, 3.63) is 47.3 Å². The molecule has 0 saturated carbocycles. The molecule has 1 fully saturated rings. The zero-order valence-electron chi connectivity index (χ0n) is 16.7. The van der Waals surface area contributed by atoms with Gasteiger partial charge in [0.15, 0.2) is 0 Å². The minimum absolute atomic E-state index is 0. The van der Waals surface area contributed by atoms with Gasteiger partial charge in [-0.3, -0.25) is 14.3 Å². The standard InChI is InChI=1S/C20H27N5O2.ClH/c1-12(2)23-19(26)14-5-6-18(13(3)7-14)24-20(27)17-10-21-9-16(17)15-8-22-25(4)11-15;/h5-8,11-12,16-17,21H,9-10H2,1-4H3,(H,23,26)(H,24,27);1H/t16-,17+;/m1./s1. The van der Waals surface area contributed by atoms with E-state index in [1.807, 2.05) is 40.2 Å². The highest BCUT2D eigenvalue weighted by atomic mass is 35.5. The van der Waals surface area contributed by atoms with E-state index in [1.54, 1.807) is 22.9 Å². The molecule has 152 valence electrons. The molecule has 2 aromatic rings. The number of carbonyl (C=O) groups is 2. The van der Waals surface area contributed by atoms with E-state index in [4.69, 9.17) is 0 Å². The molecule has 3 N–H and O–H groups in total. The summed E-state index contributed by atoms with van der Waals surface area (Å²) < 4.78 is 1.76. The summed E-state index contributed by atoms with van der Waals surface area (Å²) in [6, 6.07) is 5.42. The highest BCUT2D eigenvalue weighted by Gasteiger charge is 2.34. The molecule has 2 atom stereocenters. The van der Waals surface area contributed by atoms with Gasteiger partial charge in [-0.2, -0.15) is 5.10 Å². The van der Waals surface area contributed by atoms with Crippen molar-refractivity contribution in [1.29, 1.82) is 0 Å². The van der Waals surface area contributed by atoms with Crippen LogP contribution < -0.4 is 16.0 Å². The highest BCUT2D eigenvalue weighted by molar-refractivity contribution is 5.97. The van der Waals surface area contributed by atoms with Crippen molar-refractivity contribution in [2.75, 3.05) is 18.4 Å². The van der Waals surface area contributed by atoms with Gasteiger partial charge in [-0.15, -0.1) is 12.4 Å². The zero-order valence-corrected chi connectivity index (χ0v) is 17.5. The summed E-state index contributed by atoms with van der Waals surface area (Å²) >= 11 is 0. The number of hydrogen-bond donors (Lipinski definition) is 3. The van der Waals surface area contributed by atoms with E-state index in [0.29, 0.717) is 12.1 Å². The van der Waals surface area contributed by atoms with Gasteiger partial charge in [-0.25, -0.2) is 0 Å². The Hall–Kier alpha value is -2.38. The third-order valence-electron chi connectivity index (χ3n) is 4.87. The van der Waals surface area contributed by atoms with E-state index in [9.17, 15) is 9.59 Å². The summed E-state index contributed by atoms with van der Waals surface area (Å²) in [5, 5.41) is 13.4. The maximum Gasteiger partial charge on any atom is 0.251 e. The molecule has 0 aliphatic carbocycles. The quantitative estimate of drug-likeness (QED) is 0.711. The molecule has 0 radical (unpaired) electrons. The largest absolute Gasteiger partial charge is 0.350 e. The van der Waals surface area contributed by atoms with Crippen LogP contribution in [0.25, 0.3) is 0 Å². The topological polar surface area (TPSA) is 88.1 Å². The number of hydrogen-bond acceptors (Lipinski definition) is 4. The molecule has 1 aromatic heterocycles. The third-order valence-corrected chi connectivity index (χ3v) is 4.87. The van der Waals surface area contributed by atoms with Crippen LogP contribution in [0.5, 0.6) is 0 Å². The van der Waals surface area contributed by atoms with E-state index in [-0.39, 0.29) is 42.1 Å². The number of anilines is 1. The molecule has 1 aliphatic heterocycles. The van der Waals surface area contributed by atoms with Gasteiger partial charge >= 0.3 is 0 Å². The van der Waals surface area contributed by atoms with Crippen LogP contribution in [0.15, 0.2) is 30.6 Å². The lowest BCUT2D eigenvalue weighted by Crippen LogP contribution is -2.30. The van der Waals surface area contributed by atoms with Crippen molar-refractivity contribution in [1.82, 2.24) is 20.4 Å². The van der Waals surface area contributed by atoms with Crippen molar-refractivity contribution in [3.8, 4) is 0 Å². The average Bonchev–Trinajstić information content (AvgIpc) is 3.24. The zero-order chi connectivity index (χ0) is 19.6. The van der Waals surface area contributed by atoms with Gasteiger partial charge in [0.25, 0.3) is 5.91 Å². The monoisotopic (exact) mass is 405 g/mol. The Bertz CT molecular complexity index is 849. The van der Waals surface area contributed by atoms with E-state index < -0.39 is 0 Å². The fraction of sp³-hybridized carbons (Fsp3) is 0.450. The molecule has 8 heteroatoms. The number of nitrogens with zero attached hydrogens (tertiary/aromatic N) is 2. The minimum Gasteiger partial charge on any atom is -0.350 e. The molecule has 0 bridgehead atoms. The van der Waals surface area contributed by atoms with E-state index in [1.165, 1.54) is 0 Å². The van der Waals surface area contributed by atoms with E-state index in [0.717, 1.165) is 23.4 Å². The maximum atomic E-state index is 12.9. The van der Waals surface area contributed by atoms with Gasteiger partial charge in [0, 0.05) is 49.5 Å². The van der Waals surface area contributed by atoms with Gasteiger partial charge in [0.2, 0.25) is 5.91 Å². The van der Waals surface area contributed by atoms with Crippen LogP contribution >= 0.6 is 12.4 Å². The SMILES string of the molecule is Cc1cc(C(=O)NC(C)C)ccc1NC(=O)[C@H]1CNC[C@@H]1c1cnn(C)c1.Cl. The summed E-state index contributed by atoms with van der Waals surface area (Å²) in [4.78, 5) is 25.0. The Balaban J connectivity index is 0.00000280. The highest BCUT2D eigenvalue weighted by Crippen LogP contribution is 2.29. The second kappa shape index (κ2) is 9.21. The average molecular weight is 406 g/mol. The normalized spacial score (nSPS) is 18.6. The number of benzene rings is 1. The molecule has 1 saturated heterocycles. The first-order valence-electron chi connectivity index (χ1n) is 9.26. The second-order valence-corrected chi connectivity index (χ2v) is 7.47. The Morgan fingerprint density at radius 2 is 2.04 bits per heavy atom. The van der Waals surface area contributed by atoms with Gasteiger partial charge < -0.3 is 16.0 Å².